The van der Waals surface area contributed by atoms with Gasteiger partial charge in [0.05, 0.1) is 12.0 Å². The normalized spacial score (nSPS) is 21.6. The maximum absolute atomic E-state index is 11.8. The zero-order valence-electron chi connectivity index (χ0n) is 9.67. The van der Waals surface area contributed by atoms with Gasteiger partial charge in [-0.05, 0) is 12.5 Å². The van der Waals surface area contributed by atoms with Gasteiger partial charge in [-0.25, -0.2) is 0 Å². The van der Waals surface area contributed by atoms with E-state index in [4.69, 9.17) is 5.11 Å². The highest BCUT2D eigenvalue weighted by atomic mass is 16.4. The number of rotatable bonds is 3. The summed E-state index contributed by atoms with van der Waals surface area (Å²) in [5.74, 6) is -1.52. The summed E-state index contributed by atoms with van der Waals surface area (Å²) in [6.45, 7) is 2.24. The maximum atomic E-state index is 11.8. The molecule has 1 N–H and O–H groups in total. The van der Waals surface area contributed by atoms with E-state index in [0.717, 1.165) is 5.56 Å². The molecular formula is C13H15NO3. The largest absolute Gasteiger partial charge is 0.481 e. The SMILES string of the molecule is C[C@H](c1ccccc1)N1CC(C(=O)O)CC1=O. The highest BCUT2D eigenvalue weighted by Crippen LogP contribution is 2.28. The molecule has 1 aromatic rings. The third-order valence-electron chi connectivity index (χ3n) is 3.26. The van der Waals surface area contributed by atoms with Crippen LogP contribution in [-0.4, -0.2) is 28.4 Å². The van der Waals surface area contributed by atoms with Crippen molar-refractivity contribution in [1.82, 2.24) is 4.90 Å². The molecule has 1 amide bonds. The Balaban J connectivity index is 2.14. The van der Waals surface area contributed by atoms with Crippen molar-refractivity contribution in [2.24, 2.45) is 5.92 Å². The lowest BCUT2D eigenvalue weighted by Gasteiger charge is -2.24. The van der Waals surface area contributed by atoms with Gasteiger partial charge in [0.15, 0.2) is 0 Å². The second-order valence-corrected chi connectivity index (χ2v) is 4.37. The summed E-state index contributed by atoms with van der Waals surface area (Å²) in [4.78, 5) is 24.3. The van der Waals surface area contributed by atoms with Gasteiger partial charge in [-0.1, -0.05) is 30.3 Å². The Morgan fingerprint density at radius 2 is 2.06 bits per heavy atom. The molecule has 1 aliphatic rings. The second kappa shape index (κ2) is 4.57. The van der Waals surface area contributed by atoms with Crippen molar-refractivity contribution in [3.05, 3.63) is 35.9 Å². The van der Waals surface area contributed by atoms with Crippen molar-refractivity contribution in [1.29, 1.82) is 0 Å². The van der Waals surface area contributed by atoms with Crippen molar-refractivity contribution in [2.45, 2.75) is 19.4 Å². The number of carbonyl (C=O) groups excluding carboxylic acids is 1. The molecule has 1 saturated heterocycles. The molecule has 4 nitrogen and oxygen atoms in total. The lowest BCUT2D eigenvalue weighted by Crippen LogP contribution is -2.29. The Morgan fingerprint density at radius 1 is 1.41 bits per heavy atom. The first-order chi connectivity index (χ1) is 8.09. The van der Waals surface area contributed by atoms with Crippen molar-refractivity contribution in [3.63, 3.8) is 0 Å². The summed E-state index contributed by atoms with van der Waals surface area (Å²) in [7, 11) is 0. The molecule has 0 aliphatic carbocycles. The molecule has 2 atom stereocenters. The van der Waals surface area contributed by atoms with Crippen LogP contribution in [0.25, 0.3) is 0 Å². The molecule has 1 heterocycles. The number of likely N-dealkylation sites (tertiary alicyclic amines) is 1. The third-order valence-corrected chi connectivity index (χ3v) is 3.26. The fraction of sp³-hybridized carbons (Fsp3) is 0.385. The van der Waals surface area contributed by atoms with E-state index >= 15 is 0 Å². The van der Waals surface area contributed by atoms with Crippen molar-refractivity contribution < 1.29 is 14.7 Å². The lowest BCUT2D eigenvalue weighted by atomic mass is 10.1. The Morgan fingerprint density at radius 3 is 2.59 bits per heavy atom. The van der Waals surface area contributed by atoms with Gasteiger partial charge in [-0.2, -0.15) is 0 Å². The molecule has 90 valence electrons. The third kappa shape index (κ3) is 2.30. The average molecular weight is 233 g/mol. The Hall–Kier alpha value is -1.84. The summed E-state index contributed by atoms with van der Waals surface area (Å²) < 4.78 is 0. The molecule has 17 heavy (non-hydrogen) atoms. The van der Waals surface area contributed by atoms with E-state index in [9.17, 15) is 9.59 Å². The molecule has 0 bridgehead atoms. The van der Waals surface area contributed by atoms with E-state index in [1.807, 2.05) is 37.3 Å². The predicted molar refractivity (Wildman–Crippen MR) is 62.3 cm³/mol. The molecule has 0 saturated carbocycles. The van der Waals surface area contributed by atoms with Gasteiger partial charge in [-0.3, -0.25) is 9.59 Å². The molecule has 0 spiro atoms. The van der Waals surface area contributed by atoms with Crippen LogP contribution in [-0.2, 0) is 9.59 Å². The van der Waals surface area contributed by atoms with Crippen LogP contribution in [0.1, 0.15) is 24.9 Å². The minimum Gasteiger partial charge on any atom is -0.481 e. The van der Waals surface area contributed by atoms with Crippen molar-refractivity contribution in [3.8, 4) is 0 Å². The topological polar surface area (TPSA) is 57.6 Å². The molecule has 0 aromatic heterocycles. The van der Waals surface area contributed by atoms with Gasteiger partial charge in [0.1, 0.15) is 0 Å². The summed E-state index contributed by atoms with van der Waals surface area (Å²) >= 11 is 0. The molecule has 1 aliphatic heterocycles. The minimum atomic E-state index is -0.888. The highest BCUT2D eigenvalue weighted by molar-refractivity contribution is 5.86. The van der Waals surface area contributed by atoms with Crippen LogP contribution in [0.5, 0.6) is 0 Å². The fourth-order valence-electron chi connectivity index (χ4n) is 2.18. The zero-order chi connectivity index (χ0) is 12.4. The number of hydrogen-bond donors (Lipinski definition) is 1. The number of nitrogens with zero attached hydrogens (tertiary/aromatic N) is 1. The first-order valence-electron chi connectivity index (χ1n) is 5.67. The van der Waals surface area contributed by atoms with E-state index in [2.05, 4.69) is 0 Å². The summed E-state index contributed by atoms with van der Waals surface area (Å²) in [6, 6.07) is 9.59. The highest BCUT2D eigenvalue weighted by Gasteiger charge is 2.36. The number of carbonyl (C=O) groups is 2. The minimum absolute atomic E-state index is 0.0620. The van der Waals surface area contributed by atoms with Crippen LogP contribution >= 0.6 is 0 Å². The van der Waals surface area contributed by atoms with Gasteiger partial charge in [-0.15, -0.1) is 0 Å². The molecule has 0 radical (unpaired) electrons. The van der Waals surface area contributed by atoms with Crippen LogP contribution in [0.4, 0.5) is 0 Å². The van der Waals surface area contributed by atoms with Crippen LogP contribution in [0.15, 0.2) is 30.3 Å². The van der Waals surface area contributed by atoms with Crippen LogP contribution < -0.4 is 0 Å². The first-order valence-corrected chi connectivity index (χ1v) is 5.67. The van der Waals surface area contributed by atoms with E-state index in [1.165, 1.54) is 0 Å². The monoisotopic (exact) mass is 233 g/mol. The summed E-state index contributed by atoms with van der Waals surface area (Å²) in [5.41, 5.74) is 1.03. The summed E-state index contributed by atoms with van der Waals surface area (Å²) in [6.07, 6.45) is 0.118. The number of amides is 1. The molecule has 4 heteroatoms. The predicted octanol–water partition coefficient (Wildman–Crippen LogP) is 1.68. The Labute approximate surface area is 99.9 Å². The summed E-state index contributed by atoms with van der Waals surface area (Å²) in [5, 5.41) is 8.92. The first kappa shape index (κ1) is 11.6. The fourth-order valence-corrected chi connectivity index (χ4v) is 2.18. The van der Waals surface area contributed by atoms with Crippen molar-refractivity contribution in [2.75, 3.05) is 6.54 Å². The second-order valence-electron chi connectivity index (χ2n) is 4.37. The maximum Gasteiger partial charge on any atom is 0.308 e. The van der Waals surface area contributed by atoms with Gasteiger partial charge >= 0.3 is 5.97 Å². The van der Waals surface area contributed by atoms with Gasteiger partial charge in [0, 0.05) is 13.0 Å². The zero-order valence-corrected chi connectivity index (χ0v) is 9.67. The Bertz CT molecular complexity index is 430. The van der Waals surface area contributed by atoms with E-state index < -0.39 is 11.9 Å². The van der Waals surface area contributed by atoms with Crippen LogP contribution in [0.3, 0.4) is 0 Å². The van der Waals surface area contributed by atoms with E-state index in [-0.39, 0.29) is 18.4 Å². The standard InChI is InChI=1S/C13H15NO3/c1-9(10-5-3-2-4-6-10)14-8-11(13(16)17)7-12(14)15/h2-6,9,11H,7-8H2,1H3,(H,16,17)/t9-,11?/m1/s1. The molecule has 2 rings (SSSR count). The number of carboxylic acids is 1. The van der Waals surface area contributed by atoms with Crippen LogP contribution in [0.2, 0.25) is 0 Å². The van der Waals surface area contributed by atoms with E-state index in [1.54, 1.807) is 4.90 Å². The van der Waals surface area contributed by atoms with Gasteiger partial charge in [0.2, 0.25) is 5.91 Å². The van der Waals surface area contributed by atoms with Crippen LogP contribution in [0, 0.1) is 5.92 Å². The Kier molecular flexibility index (Phi) is 3.13. The lowest BCUT2D eigenvalue weighted by molar-refractivity contribution is -0.141. The number of carboxylic acid groups (broad SMARTS) is 1. The van der Waals surface area contributed by atoms with Crippen molar-refractivity contribution >= 4 is 11.9 Å². The number of benzene rings is 1. The molecule has 1 unspecified atom stereocenters. The molecular weight excluding hydrogens is 218 g/mol. The van der Waals surface area contributed by atoms with Gasteiger partial charge in [0.25, 0.3) is 0 Å². The molecule has 1 aromatic carbocycles. The van der Waals surface area contributed by atoms with E-state index in [0.29, 0.717) is 6.54 Å². The quantitative estimate of drug-likeness (QED) is 0.864. The smallest absolute Gasteiger partial charge is 0.308 e. The number of aliphatic carboxylic acids is 1. The molecule has 1 fully saturated rings. The van der Waals surface area contributed by atoms with Gasteiger partial charge < -0.3 is 10.0 Å². The average Bonchev–Trinajstić information content (AvgIpc) is 2.72. The number of hydrogen-bond acceptors (Lipinski definition) is 2.